The van der Waals surface area contributed by atoms with Crippen LogP contribution in [0.5, 0.6) is 0 Å². The standard InChI is InChI=1S/C12H16FN3O.C11H14FN3O2.C8H15NO.C4H2ClFN2/c1-8(17)12(2,3)9-6-16(7-9)11-14-4-10(13)5-15-11;1-11(2,9(16)17)7-5-15(6-7)10-13-3-8(12)4-14-10;1-6(10)8(2,3)7-4-9-5-7;5-4-7-1-3(6)2-8-4/h4-5,9H,6-7H2,1-3H3;3-4,7H,5-6H2,1-2H3,(H,16,17);7,9H,4-5H2,1-3H3;1-2H. The first-order chi connectivity index (χ1) is 24.2. The SMILES string of the molecule is CC(=O)C(C)(C)C1CN(c2ncc(F)cn2)C1.CC(=O)C(C)(C)C1CNC1.CC(C)(C(=O)O)C1CN(c2ncc(F)cn2)C1.Fc1cnc(Cl)nc1. The number of carbonyl (C=O) groups is 3. The molecule has 0 bridgehead atoms. The lowest BCUT2D eigenvalue weighted by molar-refractivity contribution is -0.150. The molecule has 0 radical (unpaired) electrons. The zero-order valence-corrected chi connectivity index (χ0v) is 31.5. The Bertz CT molecular complexity index is 1540. The van der Waals surface area contributed by atoms with E-state index in [4.69, 9.17) is 16.7 Å². The molecule has 0 aliphatic carbocycles. The Labute approximate surface area is 306 Å². The van der Waals surface area contributed by atoms with E-state index in [0.29, 0.717) is 42.6 Å². The van der Waals surface area contributed by atoms with Crippen LogP contribution in [0.15, 0.2) is 37.2 Å². The van der Waals surface area contributed by atoms with Crippen LogP contribution in [0.4, 0.5) is 25.1 Å². The molecule has 6 heterocycles. The van der Waals surface area contributed by atoms with Gasteiger partial charge in [-0.1, -0.05) is 27.7 Å². The zero-order chi connectivity index (χ0) is 39.0. The summed E-state index contributed by atoms with van der Waals surface area (Å²) in [5, 5.41) is 12.3. The smallest absolute Gasteiger partial charge is 0.309 e. The molecule has 0 atom stereocenters. The van der Waals surface area contributed by atoms with Crippen LogP contribution in [0, 0.1) is 51.5 Å². The highest BCUT2D eigenvalue weighted by atomic mass is 35.5. The molecule has 0 unspecified atom stereocenters. The average Bonchev–Trinajstić information content (AvgIpc) is 2.98. The number of hydrogen-bond donors (Lipinski definition) is 2. The van der Waals surface area contributed by atoms with Crippen molar-refractivity contribution in [3.8, 4) is 0 Å². The van der Waals surface area contributed by atoms with Crippen LogP contribution < -0.4 is 15.1 Å². The number of nitrogens with zero attached hydrogens (tertiary/aromatic N) is 8. The minimum absolute atomic E-state index is 0.0615. The highest BCUT2D eigenvalue weighted by Crippen LogP contribution is 2.37. The molecule has 3 aliphatic rings. The summed E-state index contributed by atoms with van der Waals surface area (Å²) in [6, 6.07) is 0. The molecule has 3 aliphatic heterocycles. The van der Waals surface area contributed by atoms with Gasteiger partial charge in [0.25, 0.3) is 0 Å². The van der Waals surface area contributed by atoms with Crippen LogP contribution in [-0.2, 0) is 14.4 Å². The highest BCUT2D eigenvalue weighted by molar-refractivity contribution is 6.28. The number of rotatable bonds is 8. The lowest BCUT2D eigenvalue weighted by Gasteiger charge is -2.46. The Kier molecular flexibility index (Phi) is 14.1. The lowest BCUT2D eigenvalue weighted by atomic mass is 9.72. The number of carboxylic acid groups (broad SMARTS) is 1. The first-order valence-corrected chi connectivity index (χ1v) is 17.1. The van der Waals surface area contributed by atoms with Crippen molar-refractivity contribution >= 4 is 41.0 Å². The van der Waals surface area contributed by atoms with Crippen LogP contribution in [0.2, 0.25) is 5.28 Å². The summed E-state index contributed by atoms with van der Waals surface area (Å²) in [4.78, 5) is 59.7. The van der Waals surface area contributed by atoms with Gasteiger partial charge in [-0.05, 0) is 45.2 Å². The van der Waals surface area contributed by atoms with Gasteiger partial charge in [0.2, 0.25) is 17.2 Å². The van der Waals surface area contributed by atoms with E-state index in [2.05, 4.69) is 35.2 Å². The molecule has 0 amide bonds. The van der Waals surface area contributed by atoms with Gasteiger partial charge in [-0.25, -0.2) is 43.1 Å². The predicted octanol–water partition coefficient (Wildman–Crippen LogP) is 4.92. The molecule has 17 heteroatoms. The molecule has 3 saturated heterocycles. The fraction of sp³-hybridized carbons (Fsp3) is 0.571. The Morgan fingerprint density at radius 2 is 0.942 bits per heavy atom. The maximum atomic E-state index is 12.7. The van der Waals surface area contributed by atoms with E-state index in [0.717, 1.165) is 63.4 Å². The number of halogens is 4. The molecule has 6 rings (SSSR count). The molecule has 0 spiro atoms. The largest absolute Gasteiger partial charge is 0.481 e. The van der Waals surface area contributed by atoms with Gasteiger partial charge in [-0.2, -0.15) is 0 Å². The number of aliphatic carboxylic acids is 1. The minimum Gasteiger partial charge on any atom is -0.481 e. The second-order valence-corrected chi connectivity index (χ2v) is 15.1. The highest BCUT2D eigenvalue weighted by Gasteiger charge is 2.45. The van der Waals surface area contributed by atoms with Crippen molar-refractivity contribution in [3.63, 3.8) is 0 Å². The summed E-state index contributed by atoms with van der Waals surface area (Å²) >= 11 is 5.22. The second kappa shape index (κ2) is 17.5. The van der Waals surface area contributed by atoms with Crippen molar-refractivity contribution in [2.45, 2.75) is 55.4 Å². The number of carboxylic acids is 1. The van der Waals surface area contributed by atoms with Crippen molar-refractivity contribution in [1.29, 1.82) is 0 Å². The first-order valence-electron chi connectivity index (χ1n) is 16.7. The van der Waals surface area contributed by atoms with Gasteiger partial charge in [-0.3, -0.25) is 14.4 Å². The second-order valence-electron chi connectivity index (χ2n) is 14.7. The molecule has 3 aromatic rings. The van der Waals surface area contributed by atoms with Crippen molar-refractivity contribution in [3.05, 3.63) is 59.9 Å². The molecule has 13 nitrogen and oxygen atoms in total. The fourth-order valence-electron chi connectivity index (χ4n) is 4.98. The Morgan fingerprint density at radius 1 is 0.635 bits per heavy atom. The molecule has 284 valence electrons. The van der Waals surface area contributed by atoms with Gasteiger partial charge in [0, 0.05) is 61.9 Å². The summed E-state index contributed by atoms with van der Waals surface area (Å²) in [7, 11) is 0. The Morgan fingerprint density at radius 3 is 1.19 bits per heavy atom. The van der Waals surface area contributed by atoms with Crippen LogP contribution in [0.25, 0.3) is 0 Å². The number of Topliss-reactive ketones (excluding diaryl/α,β-unsaturated/α-hetero) is 2. The van der Waals surface area contributed by atoms with Gasteiger partial charge in [-0.15, -0.1) is 0 Å². The van der Waals surface area contributed by atoms with Gasteiger partial charge < -0.3 is 20.2 Å². The quantitative estimate of drug-likeness (QED) is 0.298. The number of ketones is 2. The average molecular weight is 750 g/mol. The van der Waals surface area contributed by atoms with E-state index in [1.54, 1.807) is 27.7 Å². The number of anilines is 2. The monoisotopic (exact) mass is 749 g/mol. The lowest BCUT2D eigenvalue weighted by Crippen LogP contribution is -2.55. The summed E-state index contributed by atoms with van der Waals surface area (Å²) in [6.45, 7) is 19.4. The minimum atomic E-state index is -0.804. The third kappa shape index (κ3) is 10.9. The number of hydrogen-bond acceptors (Lipinski definition) is 12. The summed E-state index contributed by atoms with van der Waals surface area (Å²) < 4.78 is 37.2. The van der Waals surface area contributed by atoms with E-state index >= 15 is 0 Å². The predicted molar refractivity (Wildman–Crippen MR) is 189 cm³/mol. The van der Waals surface area contributed by atoms with E-state index in [-0.39, 0.29) is 27.8 Å². The number of aromatic nitrogens is 6. The van der Waals surface area contributed by atoms with Gasteiger partial charge in [0.15, 0.2) is 17.5 Å². The third-order valence-electron chi connectivity index (χ3n) is 10.3. The van der Waals surface area contributed by atoms with E-state index in [1.807, 2.05) is 37.5 Å². The molecule has 2 N–H and O–H groups in total. The van der Waals surface area contributed by atoms with Crippen molar-refractivity contribution in [2.24, 2.45) is 34.0 Å². The molecule has 3 fully saturated rings. The molecule has 0 saturated carbocycles. The topological polar surface area (TPSA) is 167 Å². The molecular weight excluding hydrogens is 703 g/mol. The van der Waals surface area contributed by atoms with E-state index in [9.17, 15) is 27.6 Å². The normalized spacial score (nSPS) is 16.3. The molecular formula is C35H47ClF3N9O4. The van der Waals surface area contributed by atoms with Gasteiger partial charge in [0.05, 0.1) is 42.6 Å². The molecule has 3 aromatic heterocycles. The van der Waals surface area contributed by atoms with Gasteiger partial charge >= 0.3 is 5.97 Å². The van der Waals surface area contributed by atoms with E-state index in [1.165, 1.54) is 0 Å². The zero-order valence-electron chi connectivity index (χ0n) is 30.7. The van der Waals surface area contributed by atoms with Crippen molar-refractivity contribution in [1.82, 2.24) is 35.2 Å². The molecule has 0 aromatic carbocycles. The summed E-state index contributed by atoms with van der Waals surface area (Å²) in [6.07, 6.45) is 6.55. The number of carbonyl (C=O) groups excluding carboxylic acids is 2. The maximum Gasteiger partial charge on any atom is 0.309 e. The third-order valence-corrected chi connectivity index (χ3v) is 10.5. The van der Waals surface area contributed by atoms with Gasteiger partial charge in [0.1, 0.15) is 11.6 Å². The van der Waals surface area contributed by atoms with Crippen LogP contribution >= 0.6 is 11.6 Å². The Balaban J connectivity index is 0.000000196. The van der Waals surface area contributed by atoms with Crippen molar-refractivity contribution < 1.29 is 32.7 Å². The molecule has 52 heavy (non-hydrogen) atoms. The summed E-state index contributed by atoms with van der Waals surface area (Å²) in [5.74, 6) is 0.225. The maximum absolute atomic E-state index is 12.7. The Hall–Kier alpha value is -4.31. The van der Waals surface area contributed by atoms with Crippen molar-refractivity contribution in [2.75, 3.05) is 49.1 Å². The fourth-order valence-corrected chi connectivity index (χ4v) is 5.08. The van der Waals surface area contributed by atoms with Crippen LogP contribution in [0.1, 0.15) is 55.4 Å². The summed E-state index contributed by atoms with van der Waals surface area (Å²) in [5.41, 5.74) is -1.17. The first kappa shape index (κ1) is 42.1. The number of nitrogens with one attached hydrogen (secondary N) is 1. The van der Waals surface area contributed by atoms with E-state index < -0.39 is 28.8 Å². The van der Waals surface area contributed by atoms with Crippen LogP contribution in [0.3, 0.4) is 0 Å². The van der Waals surface area contributed by atoms with Crippen LogP contribution in [-0.4, -0.2) is 91.8 Å².